The van der Waals surface area contributed by atoms with Crippen LogP contribution in [0.15, 0.2) is 52.3 Å². The van der Waals surface area contributed by atoms with Crippen LogP contribution in [-0.4, -0.2) is 25.9 Å². The van der Waals surface area contributed by atoms with Gasteiger partial charge in [0.15, 0.2) is 0 Å². The van der Waals surface area contributed by atoms with Gasteiger partial charge in [0, 0.05) is 18.0 Å². The fourth-order valence-electron chi connectivity index (χ4n) is 2.02. The zero-order valence-corrected chi connectivity index (χ0v) is 13.6. The first-order valence-electron chi connectivity index (χ1n) is 6.83. The Morgan fingerprint density at radius 1 is 1.22 bits per heavy atom. The van der Waals surface area contributed by atoms with Crippen LogP contribution < -0.4 is 15.6 Å². The average molecular weight is 335 g/mol. The number of rotatable bonds is 5. The lowest BCUT2D eigenvalue weighted by Crippen LogP contribution is -2.26. The van der Waals surface area contributed by atoms with Crippen molar-refractivity contribution in [3.63, 3.8) is 0 Å². The molecule has 1 amide bonds. The molecule has 0 radical (unpaired) electrons. The largest absolute Gasteiger partial charge is 0.324 e. The van der Waals surface area contributed by atoms with E-state index in [1.807, 2.05) is 0 Å². The van der Waals surface area contributed by atoms with Crippen LogP contribution in [0.5, 0.6) is 0 Å². The summed E-state index contributed by atoms with van der Waals surface area (Å²) in [6.07, 6.45) is 1.51. The van der Waals surface area contributed by atoms with Crippen molar-refractivity contribution in [1.82, 2.24) is 9.29 Å². The number of hydrogen-bond donors (Lipinski definition) is 2. The Labute approximate surface area is 134 Å². The molecule has 1 aromatic heterocycles. The SMILES string of the molecule is CNS(=O)(=O)c1cc(NC(=O)Cn2ccccc2=O)ccc1C. The fourth-order valence-corrected chi connectivity index (χ4v) is 3.02. The van der Waals surface area contributed by atoms with E-state index in [1.165, 1.54) is 29.9 Å². The summed E-state index contributed by atoms with van der Waals surface area (Å²) in [5, 5.41) is 2.59. The van der Waals surface area contributed by atoms with Crippen molar-refractivity contribution in [3.05, 3.63) is 58.5 Å². The van der Waals surface area contributed by atoms with Gasteiger partial charge in [-0.3, -0.25) is 9.59 Å². The number of nitrogens with one attached hydrogen (secondary N) is 2. The number of hydrogen-bond acceptors (Lipinski definition) is 4. The molecule has 23 heavy (non-hydrogen) atoms. The quantitative estimate of drug-likeness (QED) is 0.840. The summed E-state index contributed by atoms with van der Waals surface area (Å²) < 4.78 is 27.4. The minimum atomic E-state index is -3.61. The number of aryl methyl sites for hydroxylation is 1. The van der Waals surface area contributed by atoms with Crippen LogP contribution >= 0.6 is 0 Å². The lowest BCUT2D eigenvalue weighted by atomic mass is 10.2. The van der Waals surface area contributed by atoms with E-state index in [0.717, 1.165) is 0 Å². The molecule has 2 aromatic rings. The highest BCUT2D eigenvalue weighted by molar-refractivity contribution is 7.89. The lowest BCUT2D eigenvalue weighted by molar-refractivity contribution is -0.116. The van der Waals surface area contributed by atoms with Crippen molar-refractivity contribution in [2.75, 3.05) is 12.4 Å². The molecule has 0 spiro atoms. The number of sulfonamides is 1. The molecule has 0 bridgehead atoms. The van der Waals surface area contributed by atoms with E-state index >= 15 is 0 Å². The van der Waals surface area contributed by atoms with E-state index in [9.17, 15) is 18.0 Å². The second kappa shape index (κ2) is 6.76. The van der Waals surface area contributed by atoms with Gasteiger partial charge in [-0.2, -0.15) is 0 Å². The Bertz CT molecular complexity index is 888. The minimum Gasteiger partial charge on any atom is -0.324 e. The van der Waals surface area contributed by atoms with Gasteiger partial charge in [-0.05, 0) is 37.7 Å². The van der Waals surface area contributed by atoms with Gasteiger partial charge in [-0.1, -0.05) is 12.1 Å². The van der Waals surface area contributed by atoms with Gasteiger partial charge in [-0.25, -0.2) is 13.1 Å². The summed E-state index contributed by atoms with van der Waals surface area (Å²) in [4.78, 5) is 23.7. The standard InChI is InChI=1S/C15H17N3O4S/c1-11-6-7-12(9-13(11)23(21,22)16-2)17-14(19)10-18-8-4-3-5-15(18)20/h3-9,16H,10H2,1-2H3,(H,17,19). The molecule has 2 rings (SSSR count). The second-order valence-electron chi connectivity index (χ2n) is 4.90. The molecule has 0 aliphatic rings. The molecule has 1 aromatic carbocycles. The minimum absolute atomic E-state index is 0.0923. The normalized spacial score (nSPS) is 11.2. The van der Waals surface area contributed by atoms with Gasteiger partial charge in [-0.15, -0.1) is 0 Å². The van der Waals surface area contributed by atoms with Gasteiger partial charge in [0.1, 0.15) is 6.54 Å². The van der Waals surface area contributed by atoms with Crippen molar-refractivity contribution >= 4 is 21.6 Å². The van der Waals surface area contributed by atoms with Gasteiger partial charge < -0.3 is 9.88 Å². The van der Waals surface area contributed by atoms with E-state index in [-0.39, 0.29) is 17.0 Å². The zero-order valence-electron chi connectivity index (χ0n) is 12.7. The van der Waals surface area contributed by atoms with E-state index < -0.39 is 15.9 Å². The van der Waals surface area contributed by atoms with Crippen molar-refractivity contribution in [1.29, 1.82) is 0 Å². The highest BCUT2D eigenvalue weighted by atomic mass is 32.2. The Balaban J connectivity index is 2.21. The molecule has 122 valence electrons. The number of carbonyl (C=O) groups excluding carboxylic acids is 1. The van der Waals surface area contributed by atoms with Crippen LogP contribution in [0.1, 0.15) is 5.56 Å². The third kappa shape index (κ3) is 4.05. The maximum atomic E-state index is 12.0. The second-order valence-corrected chi connectivity index (χ2v) is 6.76. The van der Waals surface area contributed by atoms with Crippen LogP contribution in [0.3, 0.4) is 0 Å². The van der Waals surface area contributed by atoms with Crippen molar-refractivity contribution in [3.8, 4) is 0 Å². The molecule has 0 atom stereocenters. The highest BCUT2D eigenvalue weighted by Gasteiger charge is 2.15. The van der Waals surface area contributed by atoms with Gasteiger partial charge in [0.05, 0.1) is 4.90 Å². The molecule has 0 saturated carbocycles. The molecule has 0 unspecified atom stereocenters. The predicted octanol–water partition coefficient (Wildman–Crippen LogP) is 0.704. The van der Waals surface area contributed by atoms with Crippen molar-refractivity contribution < 1.29 is 13.2 Å². The number of nitrogens with zero attached hydrogens (tertiary/aromatic N) is 1. The third-order valence-electron chi connectivity index (χ3n) is 3.24. The van der Waals surface area contributed by atoms with E-state index in [2.05, 4.69) is 10.0 Å². The van der Waals surface area contributed by atoms with Gasteiger partial charge in [0.2, 0.25) is 15.9 Å². The van der Waals surface area contributed by atoms with Crippen LogP contribution in [0.2, 0.25) is 0 Å². The molecule has 8 heteroatoms. The average Bonchev–Trinajstić information content (AvgIpc) is 2.51. The smallest absolute Gasteiger partial charge is 0.250 e. The predicted molar refractivity (Wildman–Crippen MR) is 86.8 cm³/mol. The molecular weight excluding hydrogens is 318 g/mol. The number of amides is 1. The number of pyridine rings is 1. The van der Waals surface area contributed by atoms with Crippen LogP contribution in [0.25, 0.3) is 0 Å². The molecular formula is C15H17N3O4S. The van der Waals surface area contributed by atoms with Crippen LogP contribution in [0.4, 0.5) is 5.69 Å². The Morgan fingerprint density at radius 2 is 1.96 bits per heavy atom. The first kappa shape index (κ1) is 16.9. The lowest BCUT2D eigenvalue weighted by Gasteiger charge is -2.11. The topological polar surface area (TPSA) is 97.3 Å². The van der Waals surface area contributed by atoms with Gasteiger partial charge >= 0.3 is 0 Å². The van der Waals surface area contributed by atoms with Crippen molar-refractivity contribution in [2.24, 2.45) is 0 Å². The van der Waals surface area contributed by atoms with Crippen LogP contribution in [-0.2, 0) is 21.4 Å². The zero-order chi connectivity index (χ0) is 17.0. The Hall–Kier alpha value is -2.45. The molecule has 0 saturated heterocycles. The molecule has 7 nitrogen and oxygen atoms in total. The molecule has 1 heterocycles. The summed E-state index contributed by atoms with van der Waals surface area (Å²) in [6.45, 7) is 1.51. The molecule has 0 aliphatic carbocycles. The number of benzene rings is 1. The number of carbonyl (C=O) groups is 1. The Kier molecular flexibility index (Phi) is 4.97. The summed E-state index contributed by atoms with van der Waals surface area (Å²) >= 11 is 0. The van der Waals surface area contributed by atoms with Gasteiger partial charge in [0.25, 0.3) is 5.56 Å². The number of anilines is 1. The van der Waals surface area contributed by atoms with E-state index in [4.69, 9.17) is 0 Å². The van der Waals surface area contributed by atoms with Crippen LogP contribution in [0, 0.1) is 6.92 Å². The fraction of sp³-hybridized carbons (Fsp3) is 0.200. The number of aromatic nitrogens is 1. The molecule has 0 fully saturated rings. The summed E-state index contributed by atoms with van der Waals surface area (Å²) in [6, 6.07) is 9.19. The monoisotopic (exact) mass is 335 g/mol. The first-order valence-corrected chi connectivity index (χ1v) is 8.31. The van der Waals surface area contributed by atoms with Crippen molar-refractivity contribution in [2.45, 2.75) is 18.4 Å². The van der Waals surface area contributed by atoms with E-state index in [1.54, 1.807) is 31.2 Å². The first-order chi connectivity index (χ1) is 10.8. The summed E-state index contributed by atoms with van der Waals surface area (Å²) in [5.41, 5.74) is 0.625. The highest BCUT2D eigenvalue weighted by Crippen LogP contribution is 2.19. The Morgan fingerprint density at radius 3 is 2.61 bits per heavy atom. The summed E-state index contributed by atoms with van der Waals surface area (Å²) in [7, 11) is -2.29. The maximum Gasteiger partial charge on any atom is 0.250 e. The summed E-state index contributed by atoms with van der Waals surface area (Å²) in [5.74, 6) is -0.421. The van der Waals surface area contributed by atoms with E-state index in [0.29, 0.717) is 11.3 Å². The third-order valence-corrected chi connectivity index (χ3v) is 4.80. The molecule has 0 aliphatic heterocycles. The maximum absolute atomic E-state index is 12.0. The molecule has 2 N–H and O–H groups in total.